The molecule has 1 aromatic carbocycles. The predicted molar refractivity (Wildman–Crippen MR) is 152 cm³/mol. The largest absolute Gasteiger partial charge is 0.508 e. The summed E-state index contributed by atoms with van der Waals surface area (Å²) in [7, 11) is 6.72. The first-order chi connectivity index (χ1) is 19.2. The lowest BCUT2D eigenvalue weighted by molar-refractivity contribution is -0.135. The number of primary amides is 1. The van der Waals surface area contributed by atoms with Gasteiger partial charge in [-0.25, -0.2) is 0 Å². The molecule has 11 heteroatoms. The molecular formula is C30H36N4O7. The van der Waals surface area contributed by atoms with Crippen molar-refractivity contribution in [3.63, 3.8) is 0 Å². The van der Waals surface area contributed by atoms with Crippen LogP contribution in [-0.4, -0.2) is 77.5 Å². The van der Waals surface area contributed by atoms with Crippen LogP contribution in [0.25, 0.3) is 0 Å². The van der Waals surface area contributed by atoms with Gasteiger partial charge in [-0.1, -0.05) is 32.1 Å². The van der Waals surface area contributed by atoms with Crippen molar-refractivity contribution >= 4 is 23.2 Å². The number of phenols is 1. The van der Waals surface area contributed by atoms with E-state index in [-0.39, 0.29) is 35.3 Å². The minimum absolute atomic E-state index is 0.0279. The number of anilines is 1. The number of Topliss-reactive ketones (excluding diaryl/α,β-unsaturated/α-hetero) is 2. The molecule has 0 unspecified atom stereocenters. The summed E-state index contributed by atoms with van der Waals surface area (Å²) >= 11 is 0. The molecule has 218 valence electrons. The first-order valence-corrected chi connectivity index (χ1v) is 13.5. The van der Waals surface area contributed by atoms with Gasteiger partial charge in [0.15, 0.2) is 17.2 Å². The first kappa shape index (κ1) is 30.0. The molecule has 0 spiro atoms. The normalized spacial score (nSPS) is 27.1. The number of aliphatic hydroxyl groups excluding tert-OH is 1. The van der Waals surface area contributed by atoms with Gasteiger partial charge in [-0.3, -0.25) is 19.3 Å². The Morgan fingerprint density at radius 2 is 1.88 bits per heavy atom. The molecule has 1 aromatic rings. The number of aromatic hydroxyl groups is 1. The molecule has 0 aromatic heterocycles. The molecule has 0 heterocycles. The number of nitrogens with zero attached hydrogens (tertiary/aromatic N) is 3. The molecular weight excluding hydrogens is 528 g/mol. The van der Waals surface area contributed by atoms with Crippen molar-refractivity contribution in [2.45, 2.75) is 57.6 Å². The molecule has 1 amide bonds. The SMILES string of the molecule is CCCCC#Cc1cc(N(C)C)c2c(c1O)C(=O)C1=C(N=O)[C@]3(O)C(O)=C(C(N)=O)C(=O)[C@@H](N(C)C)[C@@H]3C[C@]1(C)C2. The number of carbonyl (C=O) groups excluding carboxylic acids is 3. The topological polar surface area (TPSA) is 174 Å². The average Bonchev–Trinajstić information content (AvgIpc) is 2.87. The zero-order valence-electron chi connectivity index (χ0n) is 24.2. The van der Waals surface area contributed by atoms with Gasteiger partial charge in [-0.15, -0.1) is 4.91 Å². The van der Waals surface area contributed by atoms with E-state index in [9.17, 15) is 34.6 Å². The molecule has 11 nitrogen and oxygen atoms in total. The number of unbranched alkanes of at least 4 members (excludes halogenated alkanes) is 2. The third kappa shape index (κ3) is 4.33. The van der Waals surface area contributed by atoms with E-state index in [0.29, 0.717) is 17.7 Å². The van der Waals surface area contributed by atoms with Gasteiger partial charge in [-0.2, -0.15) is 0 Å². The predicted octanol–water partition coefficient (Wildman–Crippen LogP) is 2.33. The number of nitroso groups, excluding NO2 is 1. The van der Waals surface area contributed by atoms with Gasteiger partial charge in [0.25, 0.3) is 5.91 Å². The first-order valence-electron chi connectivity index (χ1n) is 13.5. The van der Waals surface area contributed by atoms with Crippen LogP contribution in [0.5, 0.6) is 5.75 Å². The van der Waals surface area contributed by atoms with E-state index in [1.165, 1.54) is 4.90 Å². The van der Waals surface area contributed by atoms with Crippen LogP contribution in [0.4, 0.5) is 5.69 Å². The van der Waals surface area contributed by atoms with Crippen LogP contribution >= 0.6 is 0 Å². The molecule has 0 saturated heterocycles. The Morgan fingerprint density at radius 3 is 2.41 bits per heavy atom. The number of allylic oxidation sites excluding steroid dienone is 1. The fourth-order valence-electron chi connectivity index (χ4n) is 6.70. The van der Waals surface area contributed by atoms with Gasteiger partial charge in [0.1, 0.15) is 22.8 Å². The Bertz CT molecular complexity index is 1500. The number of phenolic OH excluding ortho intramolecular Hbond substituents is 1. The van der Waals surface area contributed by atoms with E-state index in [4.69, 9.17) is 5.73 Å². The molecule has 5 N–H and O–H groups in total. The van der Waals surface area contributed by atoms with Crippen LogP contribution in [-0.2, 0) is 16.0 Å². The van der Waals surface area contributed by atoms with Crippen LogP contribution in [0.3, 0.4) is 0 Å². The van der Waals surface area contributed by atoms with Gasteiger partial charge in [-0.05, 0) is 50.2 Å². The highest BCUT2D eigenvalue weighted by Crippen LogP contribution is 2.59. The van der Waals surface area contributed by atoms with Gasteiger partial charge in [0.2, 0.25) is 0 Å². The maximum absolute atomic E-state index is 14.3. The van der Waals surface area contributed by atoms with Crippen molar-refractivity contribution in [3.8, 4) is 17.6 Å². The number of benzene rings is 1. The van der Waals surface area contributed by atoms with Crippen molar-refractivity contribution < 1.29 is 29.7 Å². The van der Waals surface area contributed by atoms with Crippen LogP contribution in [0, 0.1) is 28.1 Å². The monoisotopic (exact) mass is 564 g/mol. The molecule has 41 heavy (non-hydrogen) atoms. The van der Waals surface area contributed by atoms with E-state index in [1.54, 1.807) is 46.1 Å². The number of ketones is 2. The Morgan fingerprint density at radius 1 is 1.22 bits per heavy atom. The number of nitrogens with two attached hydrogens (primary N) is 1. The Hall–Kier alpha value is -4.01. The number of carbonyl (C=O) groups is 3. The summed E-state index contributed by atoms with van der Waals surface area (Å²) in [6.45, 7) is 3.76. The molecule has 0 aliphatic heterocycles. The molecule has 0 fully saturated rings. The molecule has 4 atom stereocenters. The third-order valence-corrected chi connectivity index (χ3v) is 8.56. The summed E-state index contributed by atoms with van der Waals surface area (Å²) in [5.74, 6) is 0.536. The zero-order valence-corrected chi connectivity index (χ0v) is 24.2. The molecule has 4 rings (SSSR count). The van der Waals surface area contributed by atoms with E-state index in [0.717, 1.165) is 12.8 Å². The molecule has 3 aliphatic rings. The fourth-order valence-corrected chi connectivity index (χ4v) is 6.70. The second kappa shape index (κ2) is 10.4. The summed E-state index contributed by atoms with van der Waals surface area (Å²) < 4.78 is 0. The second-order valence-electron chi connectivity index (χ2n) is 11.8. The van der Waals surface area contributed by atoms with Crippen LogP contribution in [0.15, 0.2) is 33.8 Å². The zero-order chi connectivity index (χ0) is 30.6. The van der Waals surface area contributed by atoms with E-state index in [2.05, 4.69) is 17.0 Å². The summed E-state index contributed by atoms with van der Waals surface area (Å²) in [5.41, 5.74) is 1.24. The Labute approximate surface area is 238 Å². The van der Waals surface area contributed by atoms with E-state index >= 15 is 0 Å². The third-order valence-electron chi connectivity index (χ3n) is 8.56. The van der Waals surface area contributed by atoms with Crippen molar-refractivity contribution in [3.05, 3.63) is 50.3 Å². The van der Waals surface area contributed by atoms with E-state index in [1.807, 2.05) is 6.92 Å². The van der Waals surface area contributed by atoms with Gasteiger partial charge in [0.05, 0.1) is 17.2 Å². The quantitative estimate of drug-likeness (QED) is 0.175. The number of aliphatic hydroxyl groups is 2. The van der Waals surface area contributed by atoms with Crippen molar-refractivity contribution in [1.82, 2.24) is 4.90 Å². The standard InChI is InChI=1S/C30H36N4O7/c1-7-8-9-10-11-15-12-18(33(3)4)16-13-29(2)14-17-22(34(5)6)25(37)20(28(31)39)27(38)30(17,40)26(32-41)21(29)24(36)19(16)23(15)35/h12,17,22,35,38,40H,7-9,13-14H2,1-6H3,(H2,31,39)/t17-,22-,29-,30-/m0/s1. The maximum Gasteiger partial charge on any atom is 0.255 e. The second-order valence-corrected chi connectivity index (χ2v) is 11.8. The van der Waals surface area contributed by atoms with Crippen LogP contribution in [0.1, 0.15) is 61.0 Å². The van der Waals surface area contributed by atoms with Gasteiger partial charge < -0.3 is 26.0 Å². The lowest BCUT2D eigenvalue weighted by atomic mass is 9.53. The van der Waals surface area contributed by atoms with Crippen LogP contribution in [0.2, 0.25) is 0 Å². The number of amides is 1. The smallest absolute Gasteiger partial charge is 0.255 e. The number of rotatable bonds is 6. The van der Waals surface area contributed by atoms with Gasteiger partial charge in [0, 0.05) is 43.1 Å². The van der Waals surface area contributed by atoms with Gasteiger partial charge >= 0.3 is 0 Å². The summed E-state index contributed by atoms with van der Waals surface area (Å²) in [4.78, 5) is 55.7. The Kier molecular flexibility index (Phi) is 7.62. The van der Waals surface area contributed by atoms with Crippen LogP contribution < -0.4 is 10.6 Å². The summed E-state index contributed by atoms with van der Waals surface area (Å²) in [5, 5.41) is 37.6. The molecule has 3 aliphatic carbocycles. The molecule has 0 saturated carbocycles. The lowest BCUT2D eigenvalue weighted by Gasteiger charge is -2.53. The number of likely N-dealkylation sites (N-methyl/N-ethyl adjacent to an activating group) is 1. The Balaban J connectivity index is 2.06. The average molecular weight is 565 g/mol. The number of hydrogen-bond acceptors (Lipinski definition) is 10. The van der Waals surface area contributed by atoms with Crippen molar-refractivity contribution in [2.24, 2.45) is 22.2 Å². The molecule has 0 radical (unpaired) electrons. The highest BCUT2D eigenvalue weighted by molar-refractivity contribution is 6.22. The summed E-state index contributed by atoms with van der Waals surface area (Å²) in [6, 6.07) is 0.560. The minimum atomic E-state index is -2.64. The van der Waals surface area contributed by atoms with Crippen molar-refractivity contribution in [1.29, 1.82) is 0 Å². The highest BCUT2D eigenvalue weighted by atomic mass is 16.3. The minimum Gasteiger partial charge on any atom is -0.508 e. The van der Waals surface area contributed by atoms with Crippen molar-refractivity contribution in [2.75, 3.05) is 33.1 Å². The summed E-state index contributed by atoms with van der Waals surface area (Å²) in [6.07, 6.45) is 2.55. The number of hydrogen-bond donors (Lipinski definition) is 4. The molecule has 0 bridgehead atoms. The van der Waals surface area contributed by atoms with E-state index < -0.39 is 57.5 Å². The fraction of sp³-hybridized carbons (Fsp3) is 0.500. The maximum atomic E-state index is 14.3. The lowest BCUT2D eigenvalue weighted by Crippen LogP contribution is -2.64. The number of fused-ring (bicyclic) bond motifs is 3. The highest BCUT2D eigenvalue weighted by Gasteiger charge is 2.65.